The SMILES string of the molecule is CCN=C(NC1CC1c1ccccc1F)N1CCC(OCC2CCCCO2)CC1. The van der Waals surface area contributed by atoms with Crippen LogP contribution in [0.4, 0.5) is 4.39 Å². The van der Waals surface area contributed by atoms with Crippen molar-refractivity contribution in [1.82, 2.24) is 10.2 Å². The first-order valence-electron chi connectivity index (χ1n) is 11.3. The van der Waals surface area contributed by atoms with E-state index in [1.807, 2.05) is 12.1 Å². The summed E-state index contributed by atoms with van der Waals surface area (Å²) in [5.41, 5.74) is 0.817. The smallest absolute Gasteiger partial charge is 0.194 e. The number of guanidine groups is 1. The van der Waals surface area contributed by atoms with Crippen molar-refractivity contribution in [1.29, 1.82) is 0 Å². The summed E-state index contributed by atoms with van der Waals surface area (Å²) < 4.78 is 26.0. The average Bonchev–Trinajstić information content (AvgIpc) is 3.52. The third-order valence-electron chi connectivity index (χ3n) is 6.25. The standard InChI is InChI=1S/C23H34FN3O2/c1-2-25-23(26-22-15-20(22)19-8-3-4-9-21(19)24)27-12-10-17(11-13-27)29-16-18-7-5-6-14-28-18/h3-4,8-9,17-18,20,22H,2,5-7,10-16H2,1H3,(H,25,26). The third-order valence-corrected chi connectivity index (χ3v) is 6.25. The van der Waals surface area contributed by atoms with E-state index in [4.69, 9.17) is 14.5 Å². The lowest BCUT2D eigenvalue weighted by molar-refractivity contribution is -0.0721. The molecule has 3 atom stereocenters. The number of hydrogen-bond acceptors (Lipinski definition) is 3. The van der Waals surface area contributed by atoms with Crippen LogP contribution in [0.1, 0.15) is 56.9 Å². The minimum Gasteiger partial charge on any atom is -0.376 e. The van der Waals surface area contributed by atoms with Gasteiger partial charge in [-0.2, -0.15) is 0 Å². The predicted octanol–water partition coefficient (Wildman–Crippen LogP) is 3.70. The van der Waals surface area contributed by atoms with Gasteiger partial charge in [-0.15, -0.1) is 0 Å². The first-order chi connectivity index (χ1) is 14.2. The number of nitrogens with zero attached hydrogens (tertiary/aromatic N) is 2. The summed E-state index contributed by atoms with van der Waals surface area (Å²) in [7, 11) is 0. The van der Waals surface area contributed by atoms with Crippen LogP contribution in [0.3, 0.4) is 0 Å². The van der Waals surface area contributed by atoms with Gasteiger partial charge >= 0.3 is 0 Å². The minimum atomic E-state index is -0.101. The number of nitrogens with one attached hydrogen (secondary N) is 1. The fourth-order valence-corrected chi connectivity index (χ4v) is 4.44. The van der Waals surface area contributed by atoms with E-state index in [0.717, 1.165) is 70.1 Å². The van der Waals surface area contributed by atoms with E-state index >= 15 is 0 Å². The number of aliphatic imine (C=N–C) groups is 1. The third kappa shape index (κ3) is 5.48. The van der Waals surface area contributed by atoms with Gasteiger partial charge in [0.1, 0.15) is 5.82 Å². The van der Waals surface area contributed by atoms with E-state index in [1.165, 1.54) is 12.8 Å². The van der Waals surface area contributed by atoms with E-state index in [2.05, 4.69) is 17.1 Å². The molecular weight excluding hydrogens is 369 g/mol. The highest BCUT2D eigenvalue weighted by atomic mass is 19.1. The van der Waals surface area contributed by atoms with Gasteiger partial charge in [0.15, 0.2) is 5.96 Å². The molecule has 0 aromatic heterocycles. The Morgan fingerprint density at radius 3 is 2.79 bits per heavy atom. The van der Waals surface area contributed by atoms with E-state index < -0.39 is 0 Å². The number of hydrogen-bond donors (Lipinski definition) is 1. The van der Waals surface area contributed by atoms with Crippen LogP contribution in [0, 0.1) is 5.82 Å². The summed E-state index contributed by atoms with van der Waals surface area (Å²) >= 11 is 0. The van der Waals surface area contributed by atoms with Crippen molar-refractivity contribution in [3.05, 3.63) is 35.6 Å². The van der Waals surface area contributed by atoms with Gasteiger partial charge in [-0.1, -0.05) is 18.2 Å². The van der Waals surface area contributed by atoms with Crippen LogP contribution < -0.4 is 5.32 Å². The lowest BCUT2D eigenvalue weighted by atomic mass is 10.1. The Kier molecular flexibility index (Phi) is 7.03. The highest BCUT2D eigenvalue weighted by Crippen LogP contribution is 2.42. The van der Waals surface area contributed by atoms with Gasteiger partial charge in [-0.3, -0.25) is 4.99 Å². The van der Waals surface area contributed by atoms with Crippen LogP contribution in [-0.4, -0.2) is 62.0 Å². The quantitative estimate of drug-likeness (QED) is 0.581. The van der Waals surface area contributed by atoms with Crippen LogP contribution in [-0.2, 0) is 9.47 Å². The second kappa shape index (κ2) is 9.90. The molecular formula is C23H34FN3O2. The minimum absolute atomic E-state index is 0.101. The second-order valence-corrected chi connectivity index (χ2v) is 8.42. The molecule has 2 aliphatic heterocycles. The lowest BCUT2D eigenvalue weighted by Gasteiger charge is -2.35. The molecule has 1 aromatic carbocycles. The Morgan fingerprint density at radius 1 is 1.24 bits per heavy atom. The van der Waals surface area contributed by atoms with Crippen LogP contribution in [0.2, 0.25) is 0 Å². The fraction of sp³-hybridized carbons (Fsp3) is 0.696. The van der Waals surface area contributed by atoms with Gasteiger partial charge in [-0.05, 0) is 57.1 Å². The Morgan fingerprint density at radius 2 is 2.07 bits per heavy atom. The summed E-state index contributed by atoms with van der Waals surface area (Å²) in [5, 5.41) is 3.58. The lowest BCUT2D eigenvalue weighted by Crippen LogP contribution is -2.48. The zero-order valence-electron chi connectivity index (χ0n) is 17.5. The van der Waals surface area contributed by atoms with Gasteiger partial charge in [0.25, 0.3) is 0 Å². The van der Waals surface area contributed by atoms with Gasteiger partial charge in [0.2, 0.25) is 0 Å². The predicted molar refractivity (Wildman–Crippen MR) is 113 cm³/mol. The van der Waals surface area contributed by atoms with Crippen LogP contribution in [0.25, 0.3) is 0 Å². The molecule has 3 unspecified atom stereocenters. The topological polar surface area (TPSA) is 46.1 Å². The molecule has 3 aliphatic rings. The van der Waals surface area contributed by atoms with Crippen LogP contribution in [0.15, 0.2) is 29.3 Å². The molecule has 2 heterocycles. The molecule has 2 saturated heterocycles. The molecule has 6 heteroatoms. The van der Waals surface area contributed by atoms with Gasteiger partial charge in [0.05, 0.1) is 18.8 Å². The van der Waals surface area contributed by atoms with Gasteiger partial charge < -0.3 is 19.7 Å². The number of benzene rings is 1. The molecule has 160 valence electrons. The van der Waals surface area contributed by atoms with Crippen molar-refractivity contribution in [2.45, 2.75) is 69.6 Å². The van der Waals surface area contributed by atoms with Crippen molar-refractivity contribution in [2.24, 2.45) is 4.99 Å². The maximum atomic E-state index is 14.1. The van der Waals surface area contributed by atoms with Crippen molar-refractivity contribution < 1.29 is 13.9 Å². The molecule has 1 saturated carbocycles. The summed E-state index contributed by atoms with van der Waals surface area (Å²) in [6.07, 6.45) is 7.14. The molecule has 3 fully saturated rings. The van der Waals surface area contributed by atoms with Crippen molar-refractivity contribution in [2.75, 3.05) is 32.8 Å². The second-order valence-electron chi connectivity index (χ2n) is 8.42. The maximum Gasteiger partial charge on any atom is 0.194 e. The van der Waals surface area contributed by atoms with Crippen molar-refractivity contribution >= 4 is 5.96 Å². The normalized spacial score (nSPS) is 28.4. The first-order valence-corrected chi connectivity index (χ1v) is 11.3. The first kappa shape index (κ1) is 20.6. The summed E-state index contributed by atoms with van der Waals surface area (Å²) in [5.74, 6) is 1.11. The molecule has 0 bridgehead atoms. The highest BCUT2D eigenvalue weighted by Gasteiger charge is 2.41. The Labute approximate surface area is 173 Å². The van der Waals surface area contributed by atoms with Gasteiger partial charge in [0, 0.05) is 38.2 Å². The maximum absolute atomic E-state index is 14.1. The number of rotatable bonds is 6. The Hall–Kier alpha value is -1.66. The number of ether oxygens (including phenoxy) is 2. The van der Waals surface area contributed by atoms with E-state index in [9.17, 15) is 4.39 Å². The number of halogens is 1. The Bertz CT molecular complexity index is 684. The van der Waals surface area contributed by atoms with E-state index in [-0.39, 0.29) is 23.9 Å². The molecule has 0 spiro atoms. The van der Waals surface area contributed by atoms with Crippen LogP contribution >= 0.6 is 0 Å². The number of likely N-dealkylation sites (tertiary alicyclic amines) is 1. The highest BCUT2D eigenvalue weighted by molar-refractivity contribution is 5.81. The van der Waals surface area contributed by atoms with Crippen molar-refractivity contribution in [3.8, 4) is 0 Å². The number of piperidine rings is 1. The molecule has 1 N–H and O–H groups in total. The molecule has 0 radical (unpaired) electrons. The Balaban J connectivity index is 1.24. The zero-order valence-corrected chi connectivity index (χ0v) is 17.5. The molecule has 1 aliphatic carbocycles. The van der Waals surface area contributed by atoms with E-state index in [0.29, 0.717) is 6.10 Å². The largest absolute Gasteiger partial charge is 0.376 e. The molecule has 5 nitrogen and oxygen atoms in total. The fourth-order valence-electron chi connectivity index (χ4n) is 4.44. The zero-order chi connectivity index (χ0) is 20.1. The summed E-state index contributed by atoms with van der Waals surface area (Å²) in [6.45, 7) is 6.30. The van der Waals surface area contributed by atoms with Gasteiger partial charge in [-0.25, -0.2) is 4.39 Å². The molecule has 4 rings (SSSR count). The summed E-state index contributed by atoms with van der Waals surface area (Å²) in [6, 6.07) is 7.39. The average molecular weight is 404 g/mol. The monoisotopic (exact) mass is 403 g/mol. The van der Waals surface area contributed by atoms with Crippen LogP contribution in [0.5, 0.6) is 0 Å². The molecule has 29 heavy (non-hydrogen) atoms. The summed E-state index contributed by atoms with van der Waals surface area (Å²) in [4.78, 5) is 7.03. The van der Waals surface area contributed by atoms with E-state index in [1.54, 1.807) is 12.1 Å². The van der Waals surface area contributed by atoms with Crippen molar-refractivity contribution in [3.63, 3.8) is 0 Å². The molecule has 0 amide bonds. The molecule has 1 aromatic rings.